The number of rotatable bonds is 4. The lowest BCUT2D eigenvalue weighted by atomic mass is 10.1. The molecular formula is C12H17FN2O. The molecule has 1 aromatic rings. The molecule has 1 aromatic carbocycles. The van der Waals surface area contributed by atoms with Crippen LogP contribution in [-0.4, -0.2) is 24.4 Å². The van der Waals surface area contributed by atoms with Crippen LogP contribution >= 0.6 is 0 Å². The predicted molar refractivity (Wildman–Crippen MR) is 62.7 cm³/mol. The van der Waals surface area contributed by atoms with Gasteiger partial charge in [0.05, 0.1) is 5.56 Å². The third-order valence-corrected chi connectivity index (χ3v) is 2.42. The number of benzene rings is 1. The smallest absolute Gasteiger partial charge is 0.256 e. The van der Waals surface area contributed by atoms with Gasteiger partial charge in [-0.15, -0.1) is 0 Å². The summed E-state index contributed by atoms with van der Waals surface area (Å²) < 4.78 is 13.5. The van der Waals surface area contributed by atoms with Crippen LogP contribution < -0.4 is 5.73 Å². The summed E-state index contributed by atoms with van der Waals surface area (Å²) in [6.07, 6.45) is 1.92. The number of hydrogen-bond acceptors (Lipinski definition) is 2. The summed E-state index contributed by atoms with van der Waals surface area (Å²) in [5, 5.41) is 0. The average Bonchev–Trinajstić information content (AvgIpc) is 2.25. The van der Waals surface area contributed by atoms with Gasteiger partial charge in [0, 0.05) is 19.3 Å². The number of carbonyl (C=O) groups is 1. The van der Waals surface area contributed by atoms with E-state index in [1.807, 2.05) is 6.92 Å². The molecule has 0 aliphatic carbocycles. The number of unbranched alkanes of at least 4 members (excludes halogenated alkanes) is 1. The summed E-state index contributed by atoms with van der Waals surface area (Å²) in [5.74, 6) is -0.862. The normalized spacial score (nSPS) is 10.2. The van der Waals surface area contributed by atoms with Crippen molar-refractivity contribution < 1.29 is 9.18 Å². The Morgan fingerprint density at radius 1 is 1.50 bits per heavy atom. The van der Waals surface area contributed by atoms with Gasteiger partial charge in [0.25, 0.3) is 5.91 Å². The Morgan fingerprint density at radius 3 is 2.75 bits per heavy atom. The molecule has 1 rings (SSSR count). The molecule has 0 aromatic heterocycles. The lowest BCUT2D eigenvalue weighted by molar-refractivity contribution is 0.0788. The predicted octanol–water partition coefficient (Wildman–Crippen LogP) is 2.28. The molecule has 88 valence electrons. The maximum atomic E-state index is 13.5. The van der Waals surface area contributed by atoms with Crippen LogP contribution in [0.4, 0.5) is 10.1 Å². The van der Waals surface area contributed by atoms with Crippen LogP contribution in [0.2, 0.25) is 0 Å². The van der Waals surface area contributed by atoms with Crippen molar-refractivity contribution in [3.8, 4) is 0 Å². The van der Waals surface area contributed by atoms with E-state index in [0.717, 1.165) is 12.8 Å². The largest absolute Gasteiger partial charge is 0.399 e. The van der Waals surface area contributed by atoms with Crippen molar-refractivity contribution >= 4 is 11.6 Å². The van der Waals surface area contributed by atoms with Crippen molar-refractivity contribution in [2.75, 3.05) is 19.3 Å². The molecule has 0 aliphatic rings. The summed E-state index contributed by atoms with van der Waals surface area (Å²) in [6.45, 7) is 2.68. The van der Waals surface area contributed by atoms with Gasteiger partial charge >= 0.3 is 0 Å². The van der Waals surface area contributed by atoms with Crippen LogP contribution in [0.5, 0.6) is 0 Å². The molecule has 0 spiro atoms. The molecule has 2 N–H and O–H groups in total. The Bertz CT molecular complexity index is 379. The van der Waals surface area contributed by atoms with E-state index in [-0.39, 0.29) is 11.5 Å². The first-order chi connectivity index (χ1) is 7.56. The minimum absolute atomic E-state index is 0.0767. The SMILES string of the molecule is CCCCN(C)C(=O)c1ccc(N)cc1F. The van der Waals surface area contributed by atoms with Crippen molar-refractivity contribution in [1.29, 1.82) is 0 Å². The number of nitrogens with zero attached hydrogens (tertiary/aromatic N) is 1. The van der Waals surface area contributed by atoms with Gasteiger partial charge in [-0.3, -0.25) is 4.79 Å². The number of amides is 1. The highest BCUT2D eigenvalue weighted by Gasteiger charge is 2.15. The molecule has 4 heteroatoms. The van der Waals surface area contributed by atoms with E-state index in [4.69, 9.17) is 5.73 Å². The molecule has 0 bridgehead atoms. The molecule has 0 radical (unpaired) electrons. The first kappa shape index (κ1) is 12.5. The van der Waals surface area contributed by atoms with Gasteiger partial charge in [0.2, 0.25) is 0 Å². The summed E-state index contributed by atoms with van der Waals surface area (Å²) in [6, 6.07) is 4.13. The molecule has 1 amide bonds. The Hall–Kier alpha value is -1.58. The highest BCUT2D eigenvalue weighted by Crippen LogP contribution is 2.13. The summed E-state index contributed by atoms with van der Waals surface area (Å²) in [7, 11) is 1.67. The van der Waals surface area contributed by atoms with Gasteiger partial charge < -0.3 is 10.6 Å². The van der Waals surface area contributed by atoms with E-state index >= 15 is 0 Å². The standard InChI is InChI=1S/C12H17FN2O/c1-3-4-7-15(2)12(16)10-6-5-9(14)8-11(10)13/h5-6,8H,3-4,7,14H2,1-2H3. The second-order valence-electron chi connectivity index (χ2n) is 3.82. The lowest BCUT2D eigenvalue weighted by Gasteiger charge is -2.17. The lowest BCUT2D eigenvalue weighted by Crippen LogP contribution is -2.28. The zero-order valence-electron chi connectivity index (χ0n) is 9.66. The van der Waals surface area contributed by atoms with Crippen molar-refractivity contribution in [3.63, 3.8) is 0 Å². The van der Waals surface area contributed by atoms with E-state index in [2.05, 4.69) is 0 Å². The van der Waals surface area contributed by atoms with Crippen LogP contribution in [0.25, 0.3) is 0 Å². The van der Waals surface area contributed by atoms with Gasteiger partial charge in [-0.2, -0.15) is 0 Å². The first-order valence-corrected chi connectivity index (χ1v) is 5.36. The highest BCUT2D eigenvalue weighted by molar-refractivity contribution is 5.94. The Balaban J connectivity index is 2.79. The number of hydrogen-bond donors (Lipinski definition) is 1. The molecule has 16 heavy (non-hydrogen) atoms. The molecule has 0 unspecified atom stereocenters. The summed E-state index contributed by atoms with van der Waals surface area (Å²) in [5.41, 5.74) is 5.82. The van der Waals surface area contributed by atoms with Gasteiger partial charge in [0.15, 0.2) is 0 Å². The highest BCUT2D eigenvalue weighted by atomic mass is 19.1. The fraction of sp³-hybridized carbons (Fsp3) is 0.417. The van der Waals surface area contributed by atoms with Gasteiger partial charge in [0.1, 0.15) is 5.82 Å². The van der Waals surface area contributed by atoms with E-state index in [1.165, 1.54) is 23.1 Å². The maximum Gasteiger partial charge on any atom is 0.256 e. The fourth-order valence-corrected chi connectivity index (χ4v) is 1.41. The van der Waals surface area contributed by atoms with Gasteiger partial charge in [-0.25, -0.2) is 4.39 Å². The zero-order valence-corrected chi connectivity index (χ0v) is 9.66. The van der Waals surface area contributed by atoms with Crippen molar-refractivity contribution in [3.05, 3.63) is 29.6 Å². The van der Waals surface area contributed by atoms with Crippen LogP contribution in [0.3, 0.4) is 0 Å². The quantitative estimate of drug-likeness (QED) is 0.797. The second-order valence-corrected chi connectivity index (χ2v) is 3.82. The third kappa shape index (κ3) is 2.95. The Morgan fingerprint density at radius 2 is 2.19 bits per heavy atom. The first-order valence-electron chi connectivity index (χ1n) is 5.36. The minimum Gasteiger partial charge on any atom is -0.399 e. The van der Waals surface area contributed by atoms with Gasteiger partial charge in [-0.05, 0) is 24.6 Å². The van der Waals surface area contributed by atoms with Crippen molar-refractivity contribution in [2.24, 2.45) is 0 Å². The van der Waals surface area contributed by atoms with Crippen molar-refractivity contribution in [2.45, 2.75) is 19.8 Å². The molecule has 0 saturated heterocycles. The fourth-order valence-electron chi connectivity index (χ4n) is 1.41. The molecule has 0 fully saturated rings. The number of halogens is 1. The molecule has 0 saturated carbocycles. The summed E-state index contributed by atoms with van der Waals surface area (Å²) >= 11 is 0. The average molecular weight is 224 g/mol. The molecule has 0 heterocycles. The second kappa shape index (κ2) is 5.49. The van der Waals surface area contributed by atoms with Crippen LogP contribution in [0.15, 0.2) is 18.2 Å². The topological polar surface area (TPSA) is 46.3 Å². The Kier molecular flexibility index (Phi) is 4.28. The number of carbonyl (C=O) groups excluding carboxylic acids is 1. The van der Waals surface area contributed by atoms with E-state index in [0.29, 0.717) is 12.2 Å². The van der Waals surface area contributed by atoms with E-state index in [9.17, 15) is 9.18 Å². The molecular weight excluding hydrogens is 207 g/mol. The maximum absolute atomic E-state index is 13.5. The number of anilines is 1. The van der Waals surface area contributed by atoms with Crippen LogP contribution in [0.1, 0.15) is 30.1 Å². The number of nitrogen functional groups attached to an aromatic ring is 1. The van der Waals surface area contributed by atoms with E-state index < -0.39 is 5.82 Å². The van der Waals surface area contributed by atoms with Crippen molar-refractivity contribution in [1.82, 2.24) is 4.90 Å². The third-order valence-electron chi connectivity index (χ3n) is 2.42. The number of nitrogens with two attached hydrogens (primary N) is 1. The van der Waals surface area contributed by atoms with E-state index in [1.54, 1.807) is 7.05 Å². The molecule has 0 aliphatic heterocycles. The van der Waals surface area contributed by atoms with Gasteiger partial charge in [-0.1, -0.05) is 13.3 Å². The molecule has 3 nitrogen and oxygen atoms in total. The Labute approximate surface area is 95.0 Å². The monoisotopic (exact) mass is 224 g/mol. The molecule has 0 atom stereocenters. The summed E-state index contributed by atoms with van der Waals surface area (Å²) in [4.78, 5) is 13.4. The minimum atomic E-state index is -0.562. The zero-order chi connectivity index (χ0) is 12.1. The van der Waals surface area contributed by atoms with Crippen LogP contribution in [-0.2, 0) is 0 Å². The van der Waals surface area contributed by atoms with Crippen LogP contribution in [0, 0.1) is 5.82 Å².